The molecule has 8 heteroatoms. The van der Waals surface area contributed by atoms with Crippen LogP contribution >= 0.6 is 0 Å². The van der Waals surface area contributed by atoms with Crippen molar-refractivity contribution < 1.29 is 13.5 Å². The average molecular weight is 262 g/mol. The van der Waals surface area contributed by atoms with E-state index in [1.807, 2.05) is 13.8 Å². The molecule has 0 aliphatic heterocycles. The summed E-state index contributed by atoms with van der Waals surface area (Å²) in [5.74, 6) is -0.0758. The highest BCUT2D eigenvalue weighted by atomic mass is 32.2. The number of hydrogen-bond acceptors (Lipinski definition) is 5. The normalized spacial score (nSPS) is 14.2. The first-order valence-electron chi connectivity index (χ1n) is 5.20. The van der Waals surface area contributed by atoms with E-state index < -0.39 is 16.1 Å². The van der Waals surface area contributed by atoms with E-state index in [1.54, 1.807) is 7.05 Å². The first kappa shape index (κ1) is 13.9. The maximum absolute atomic E-state index is 12.0. The summed E-state index contributed by atoms with van der Waals surface area (Å²) in [6, 6.07) is -0.542. The van der Waals surface area contributed by atoms with E-state index in [0.717, 1.165) is 0 Å². The molecule has 4 N–H and O–H groups in total. The molecule has 0 aliphatic rings. The third-order valence-electron chi connectivity index (χ3n) is 2.42. The number of aliphatic hydroxyl groups excluding tert-OH is 1. The fraction of sp³-hybridized carbons (Fsp3) is 0.667. The van der Waals surface area contributed by atoms with Gasteiger partial charge in [0.1, 0.15) is 4.90 Å². The number of anilines is 1. The third kappa shape index (κ3) is 3.18. The lowest BCUT2D eigenvalue weighted by atomic mass is 10.1. The number of aryl methyl sites for hydroxylation is 1. The molecule has 1 atom stereocenters. The van der Waals surface area contributed by atoms with Crippen LogP contribution in [0.5, 0.6) is 0 Å². The van der Waals surface area contributed by atoms with Crippen LogP contribution < -0.4 is 10.5 Å². The van der Waals surface area contributed by atoms with Crippen molar-refractivity contribution in [2.45, 2.75) is 24.8 Å². The average Bonchev–Trinajstić information content (AvgIpc) is 2.54. The molecule has 7 nitrogen and oxygen atoms in total. The molecule has 1 aromatic heterocycles. The molecule has 0 bridgehead atoms. The van der Waals surface area contributed by atoms with Crippen molar-refractivity contribution in [1.82, 2.24) is 14.5 Å². The Morgan fingerprint density at radius 2 is 2.18 bits per heavy atom. The van der Waals surface area contributed by atoms with Crippen LogP contribution in [0, 0.1) is 5.92 Å². The van der Waals surface area contributed by atoms with E-state index in [0.29, 0.717) is 0 Å². The van der Waals surface area contributed by atoms with Gasteiger partial charge in [-0.15, -0.1) is 0 Å². The molecule has 0 spiro atoms. The standard InChI is InChI=1S/C9H18N4O3S/c1-6(2)7(5-14)12-17(15,16)8-4-13(3)11-9(8)10/h4,6-7,12,14H,5H2,1-3H3,(H2,10,11)/t7-/m1/s1. The van der Waals surface area contributed by atoms with Gasteiger partial charge in [0, 0.05) is 19.3 Å². The van der Waals surface area contributed by atoms with Gasteiger partial charge in [0.25, 0.3) is 0 Å². The Bertz CT molecular complexity index is 480. The summed E-state index contributed by atoms with van der Waals surface area (Å²) in [5, 5.41) is 12.9. The number of aliphatic hydroxyl groups is 1. The lowest BCUT2D eigenvalue weighted by Crippen LogP contribution is -2.41. The zero-order chi connectivity index (χ0) is 13.2. The summed E-state index contributed by atoms with van der Waals surface area (Å²) in [4.78, 5) is -0.0703. The Hall–Kier alpha value is -1.12. The van der Waals surface area contributed by atoms with Crippen molar-refractivity contribution in [3.63, 3.8) is 0 Å². The zero-order valence-corrected chi connectivity index (χ0v) is 10.9. The molecule has 0 amide bonds. The minimum Gasteiger partial charge on any atom is -0.395 e. The van der Waals surface area contributed by atoms with E-state index in [4.69, 9.17) is 10.8 Å². The zero-order valence-electron chi connectivity index (χ0n) is 10.1. The number of aromatic nitrogens is 2. The van der Waals surface area contributed by atoms with Crippen molar-refractivity contribution in [3.8, 4) is 0 Å². The fourth-order valence-electron chi connectivity index (χ4n) is 1.34. The van der Waals surface area contributed by atoms with Crippen molar-refractivity contribution in [2.24, 2.45) is 13.0 Å². The predicted molar refractivity (Wildman–Crippen MR) is 63.7 cm³/mol. The molecule has 0 fully saturated rings. The summed E-state index contributed by atoms with van der Waals surface area (Å²) in [6.45, 7) is 3.36. The lowest BCUT2D eigenvalue weighted by Gasteiger charge is -2.19. The van der Waals surface area contributed by atoms with Crippen LogP contribution in [-0.4, -0.2) is 36.0 Å². The highest BCUT2D eigenvalue weighted by molar-refractivity contribution is 7.89. The summed E-state index contributed by atoms with van der Waals surface area (Å²) in [7, 11) is -2.16. The Morgan fingerprint density at radius 3 is 2.53 bits per heavy atom. The number of nitrogens with zero attached hydrogens (tertiary/aromatic N) is 2. The van der Waals surface area contributed by atoms with Gasteiger partial charge in [0.2, 0.25) is 10.0 Å². The predicted octanol–water partition coefficient (Wildman–Crippen LogP) is -0.702. The van der Waals surface area contributed by atoms with Gasteiger partial charge in [0.05, 0.1) is 6.61 Å². The third-order valence-corrected chi connectivity index (χ3v) is 3.93. The lowest BCUT2D eigenvalue weighted by molar-refractivity contribution is 0.227. The van der Waals surface area contributed by atoms with Gasteiger partial charge in [-0.25, -0.2) is 13.1 Å². The van der Waals surface area contributed by atoms with Gasteiger partial charge in [0.15, 0.2) is 5.82 Å². The molecule has 1 heterocycles. The second-order valence-electron chi connectivity index (χ2n) is 4.21. The highest BCUT2D eigenvalue weighted by Gasteiger charge is 2.25. The molecule has 17 heavy (non-hydrogen) atoms. The topological polar surface area (TPSA) is 110 Å². The molecular weight excluding hydrogens is 244 g/mol. The molecular formula is C9H18N4O3S. The number of hydrogen-bond donors (Lipinski definition) is 3. The number of sulfonamides is 1. The van der Waals surface area contributed by atoms with Crippen LogP contribution in [0.4, 0.5) is 5.82 Å². The van der Waals surface area contributed by atoms with E-state index >= 15 is 0 Å². The SMILES string of the molecule is CC(C)[C@@H](CO)NS(=O)(=O)c1cn(C)nc1N. The van der Waals surface area contributed by atoms with Crippen LogP contribution in [0.2, 0.25) is 0 Å². The van der Waals surface area contributed by atoms with Crippen LogP contribution in [0.1, 0.15) is 13.8 Å². The smallest absolute Gasteiger partial charge is 0.246 e. The summed E-state index contributed by atoms with van der Waals surface area (Å²) in [5.41, 5.74) is 5.51. The largest absolute Gasteiger partial charge is 0.395 e. The monoisotopic (exact) mass is 262 g/mol. The Kier molecular flexibility index (Phi) is 4.12. The van der Waals surface area contributed by atoms with Crippen LogP contribution in [0.15, 0.2) is 11.1 Å². The molecule has 0 saturated carbocycles. The van der Waals surface area contributed by atoms with Crippen LogP contribution in [0.3, 0.4) is 0 Å². The molecule has 1 rings (SSSR count). The molecule has 0 radical (unpaired) electrons. The number of nitrogens with one attached hydrogen (secondary N) is 1. The van der Waals surface area contributed by atoms with Crippen LogP contribution in [-0.2, 0) is 17.1 Å². The summed E-state index contributed by atoms with van der Waals surface area (Å²) < 4.78 is 27.7. The molecule has 98 valence electrons. The van der Waals surface area contributed by atoms with Gasteiger partial charge in [-0.1, -0.05) is 13.8 Å². The quantitative estimate of drug-likeness (QED) is 0.649. The van der Waals surface area contributed by atoms with E-state index in [1.165, 1.54) is 10.9 Å². The molecule has 0 aromatic carbocycles. The van der Waals surface area contributed by atoms with Gasteiger partial charge >= 0.3 is 0 Å². The molecule has 0 unspecified atom stereocenters. The molecule has 0 aliphatic carbocycles. The maximum Gasteiger partial charge on any atom is 0.246 e. The van der Waals surface area contributed by atoms with Crippen molar-refractivity contribution in [3.05, 3.63) is 6.20 Å². The Labute approximate surface area is 101 Å². The van der Waals surface area contributed by atoms with Crippen molar-refractivity contribution in [2.75, 3.05) is 12.3 Å². The maximum atomic E-state index is 12.0. The van der Waals surface area contributed by atoms with E-state index in [-0.39, 0.29) is 23.2 Å². The van der Waals surface area contributed by atoms with Gasteiger partial charge in [-0.2, -0.15) is 5.10 Å². The van der Waals surface area contributed by atoms with E-state index in [9.17, 15) is 8.42 Å². The van der Waals surface area contributed by atoms with Crippen molar-refractivity contribution in [1.29, 1.82) is 0 Å². The first-order valence-corrected chi connectivity index (χ1v) is 6.68. The number of rotatable bonds is 5. The summed E-state index contributed by atoms with van der Waals surface area (Å²) >= 11 is 0. The minimum atomic E-state index is -3.74. The number of nitrogen functional groups attached to an aromatic ring is 1. The minimum absolute atomic E-state index is 0.0207. The fourth-order valence-corrected chi connectivity index (χ4v) is 2.82. The van der Waals surface area contributed by atoms with Gasteiger partial charge in [-0.3, -0.25) is 4.68 Å². The highest BCUT2D eigenvalue weighted by Crippen LogP contribution is 2.16. The molecule has 1 aromatic rings. The first-order chi connectivity index (χ1) is 7.77. The Balaban J connectivity index is 3.00. The van der Waals surface area contributed by atoms with E-state index in [2.05, 4.69) is 9.82 Å². The van der Waals surface area contributed by atoms with Crippen molar-refractivity contribution >= 4 is 15.8 Å². The van der Waals surface area contributed by atoms with Gasteiger partial charge in [-0.05, 0) is 5.92 Å². The summed E-state index contributed by atoms with van der Waals surface area (Å²) in [6.07, 6.45) is 1.33. The number of nitrogens with two attached hydrogens (primary N) is 1. The Morgan fingerprint density at radius 1 is 1.59 bits per heavy atom. The van der Waals surface area contributed by atoms with Crippen LogP contribution in [0.25, 0.3) is 0 Å². The second kappa shape index (κ2) is 5.03. The second-order valence-corrected chi connectivity index (χ2v) is 5.89. The molecule has 0 saturated heterocycles. The van der Waals surface area contributed by atoms with Gasteiger partial charge < -0.3 is 10.8 Å².